The van der Waals surface area contributed by atoms with Crippen LogP contribution in [0, 0.1) is 0 Å². The van der Waals surface area contributed by atoms with Gasteiger partial charge in [0.25, 0.3) is 0 Å². The smallest absolute Gasteiger partial charge is 0.181 e. The van der Waals surface area contributed by atoms with Gasteiger partial charge in [0.1, 0.15) is 0 Å². The number of ketones is 1. The lowest BCUT2D eigenvalue weighted by atomic mass is 10.1. The summed E-state index contributed by atoms with van der Waals surface area (Å²) in [5.41, 5.74) is 0.746. The molecule has 3 nitrogen and oxygen atoms in total. The Morgan fingerprint density at radius 3 is 2.92 bits per heavy atom. The fraction of sp³-hybridized carbons (Fsp3) is 0.444. The van der Waals surface area contributed by atoms with Crippen molar-refractivity contribution < 1.29 is 4.79 Å². The average Bonchev–Trinajstić information content (AvgIpc) is 2.58. The largest absolute Gasteiger partial charge is 0.367 e. The zero-order valence-corrected chi connectivity index (χ0v) is 7.42. The van der Waals surface area contributed by atoms with Crippen LogP contribution in [0.25, 0.3) is 0 Å². The van der Waals surface area contributed by atoms with E-state index in [0.717, 1.165) is 12.0 Å². The molecule has 1 unspecified atom stereocenters. The highest BCUT2D eigenvalue weighted by Gasteiger charge is 2.15. The number of hydrogen-bond acceptors (Lipinski definition) is 2. The van der Waals surface area contributed by atoms with Gasteiger partial charge in [-0.3, -0.25) is 4.79 Å². The van der Waals surface area contributed by atoms with Crippen LogP contribution in [0.2, 0.25) is 0 Å². The number of hydrogen-bond donors (Lipinski definition) is 2. The van der Waals surface area contributed by atoms with E-state index in [2.05, 4.69) is 10.3 Å². The third kappa shape index (κ3) is 1.74. The lowest BCUT2D eigenvalue weighted by Gasteiger charge is -2.10. The van der Waals surface area contributed by atoms with E-state index in [1.165, 1.54) is 0 Å². The van der Waals surface area contributed by atoms with Crippen LogP contribution >= 0.6 is 0 Å². The molecule has 0 saturated carbocycles. The molecular weight excluding hydrogens is 152 g/mol. The third-order valence-electron chi connectivity index (χ3n) is 1.96. The van der Waals surface area contributed by atoms with Gasteiger partial charge >= 0.3 is 0 Å². The van der Waals surface area contributed by atoms with Crippen LogP contribution in [-0.4, -0.2) is 23.9 Å². The number of H-pyrrole nitrogens is 1. The van der Waals surface area contributed by atoms with Crippen molar-refractivity contribution in [3.8, 4) is 0 Å². The number of likely N-dealkylation sites (N-methyl/N-ethyl adjacent to an activating group) is 1. The molecule has 2 N–H and O–H groups in total. The second kappa shape index (κ2) is 4.07. The molecule has 1 heterocycles. The molecule has 0 spiro atoms. The normalized spacial score (nSPS) is 12.8. The molecule has 0 amide bonds. The van der Waals surface area contributed by atoms with Crippen molar-refractivity contribution in [3.63, 3.8) is 0 Å². The van der Waals surface area contributed by atoms with Gasteiger partial charge in [0.2, 0.25) is 0 Å². The van der Waals surface area contributed by atoms with Gasteiger partial charge in [-0.2, -0.15) is 0 Å². The Hall–Kier alpha value is -1.09. The molecule has 0 aromatic carbocycles. The van der Waals surface area contributed by atoms with E-state index in [-0.39, 0.29) is 11.8 Å². The number of carbonyl (C=O) groups excluding carboxylic acids is 1. The van der Waals surface area contributed by atoms with Crippen molar-refractivity contribution in [2.24, 2.45) is 0 Å². The van der Waals surface area contributed by atoms with Gasteiger partial charge in [-0.05, 0) is 19.5 Å². The Bertz CT molecular complexity index is 237. The van der Waals surface area contributed by atoms with Crippen LogP contribution in [0.1, 0.15) is 23.7 Å². The SMILES string of the molecule is CCC(NC)C(=O)c1cc[nH]c1. The van der Waals surface area contributed by atoms with Gasteiger partial charge in [0.05, 0.1) is 6.04 Å². The third-order valence-corrected chi connectivity index (χ3v) is 1.96. The number of carbonyl (C=O) groups is 1. The first-order valence-corrected chi connectivity index (χ1v) is 4.13. The lowest BCUT2D eigenvalue weighted by Crippen LogP contribution is -2.33. The Morgan fingerprint density at radius 2 is 2.50 bits per heavy atom. The van der Waals surface area contributed by atoms with E-state index in [4.69, 9.17) is 0 Å². The minimum atomic E-state index is -0.0548. The Balaban J connectivity index is 2.70. The predicted molar refractivity (Wildman–Crippen MR) is 48.3 cm³/mol. The van der Waals surface area contributed by atoms with E-state index in [1.54, 1.807) is 25.5 Å². The highest BCUT2D eigenvalue weighted by Crippen LogP contribution is 2.04. The second-order valence-corrected chi connectivity index (χ2v) is 2.71. The van der Waals surface area contributed by atoms with Crippen molar-refractivity contribution in [1.82, 2.24) is 10.3 Å². The maximum atomic E-state index is 11.6. The minimum Gasteiger partial charge on any atom is -0.367 e. The number of Topliss-reactive ketones (excluding diaryl/α,β-unsaturated/α-hetero) is 1. The summed E-state index contributed by atoms with van der Waals surface area (Å²) in [7, 11) is 1.80. The van der Waals surface area contributed by atoms with E-state index >= 15 is 0 Å². The lowest BCUT2D eigenvalue weighted by molar-refractivity contribution is 0.0945. The molecule has 1 aromatic rings. The first-order chi connectivity index (χ1) is 5.79. The zero-order valence-electron chi connectivity index (χ0n) is 7.42. The monoisotopic (exact) mass is 166 g/mol. The molecule has 0 bridgehead atoms. The summed E-state index contributed by atoms with van der Waals surface area (Å²) in [4.78, 5) is 14.5. The van der Waals surface area contributed by atoms with E-state index in [1.807, 2.05) is 6.92 Å². The summed E-state index contributed by atoms with van der Waals surface area (Å²) in [5.74, 6) is 0.154. The van der Waals surface area contributed by atoms with Crippen molar-refractivity contribution in [2.75, 3.05) is 7.05 Å². The number of aromatic nitrogens is 1. The average molecular weight is 166 g/mol. The van der Waals surface area contributed by atoms with Crippen LogP contribution < -0.4 is 5.32 Å². The van der Waals surface area contributed by atoms with Gasteiger partial charge in [-0.1, -0.05) is 6.92 Å². The first kappa shape index (κ1) is 9.00. The molecule has 0 aliphatic carbocycles. The van der Waals surface area contributed by atoms with Gasteiger partial charge in [0.15, 0.2) is 5.78 Å². The molecule has 12 heavy (non-hydrogen) atoms. The zero-order chi connectivity index (χ0) is 8.97. The molecule has 66 valence electrons. The fourth-order valence-corrected chi connectivity index (χ4v) is 1.20. The van der Waals surface area contributed by atoms with Crippen LogP contribution in [0.15, 0.2) is 18.5 Å². The molecule has 0 radical (unpaired) electrons. The Kier molecular flexibility index (Phi) is 3.05. The van der Waals surface area contributed by atoms with Crippen LogP contribution in [0.4, 0.5) is 0 Å². The molecule has 3 heteroatoms. The molecular formula is C9H14N2O. The van der Waals surface area contributed by atoms with Crippen molar-refractivity contribution in [3.05, 3.63) is 24.0 Å². The molecule has 0 fully saturated rings. The highest BCUT2D eigenvalue weighted by atomic mass is 16.1. The van der Waals surface area contributed by atoms with Crippen LogP contribution in [0.5, 0.6) is 0 Å². The quantitative estimate of drug-likeness (QED) is 0.660. The van der Waals surface area contributed by atoms with Crippen LogP contribution in [0.3, 0.4) is 0 Å². The molecule has 1 rings (SSSR count). The van der Waals surface area contributed by atoms with Crippen LogP contribution in [-0.2, 0) is 0 Å². The summed E-state index contributed by atoms with van der Waals surface area (Å²) in [6.07, 6.45) is 4.30. The molecule has 0 saturated heterocycles. The Morgan fingerprint density at radius 1 is 1.75 bits per heavy atom. The first-order valence-electron chi connectivity index (χ1n) is 4.13. The van der Waals surface area contributed by atoms with E-state index < -0.39 is 0 Å². The van der Waals surface area contributed by atoms with Gasteiger partial charge < -0.3 is 10.3 Å². The highest BCUT2D eigenvalue weighted by molar-refractivity contribution is 5.99. The summed E-state index contributed by atoms with van der Waals surface area (Å²) < 4.78 is 0. The number of rotatable bonds is 4. The summed E-state index contributed by atoms with van der Waals surface area (Å²) in [5, 5.41) is 2.98. The topological polar surface area (TPSA) is 44.9 Å². The second-order valence-electron chi connectivity index (χ2n) is 2.71. The van der Waals surface area contributed by atoms with Crippen molar-refractivity contribution in [1.29, 1.82) is 0 Å². The summed E-state index contributed by atoms with van der Waals surface area (Å²) >= 11 is 0. The summed E-state index contributed by atoms with van der Waals surface area (Å²) in [6.45, 7) is 1.99. The molecule has 1 atom stereocenters. The summed E-state index contributed by atoms with van der Waals surface area (Å²) in [6, 6.07) is 1.74. The maximum Gasteiger partial charge on any atom is 0.181 e. The predicted octanol–water partition coefficient (Wildman–Crippen LogP) is 1.20. The minimum absolute atomic E-state index is 0.0548. The van der Waals surface area contributed by atoms with E-state index in [9.17, 15) is 4.79 Å². The van der Waals surface area contributed by atoms with Gasteiger partial charge in [-0.15, -0.1) is 0 Å². The Labute approximate surface area is 72.2 Å². The standard InChI is InChI=1S/C9H14N2O/c1-3-8(10-2)9(12)7-4-5-11-6-7/h4-6,8,10-11H,3H2,1-2H3. The molecule has 0 aliphatic rings. The number of nitrogens with one attached hydrogen (secondary N) is 2. The fourth-order valence-electron chi connectivity index (χ4n) is 1.20. The maximum absolute atomic E-state index is 11.6. The van der Waals surface area contributed by atoms with Gasteiger partial charge in [0, 0.05) is 18.0 Å². The van der Waals surface area contributed by atoms with Crippen molar-refractivity contribution in [2.45, 2.75) is 19.4 Å². The number of aromatic amines is 1. The molecule has 0 aliphatic heterocycles. The van der Waals surface area contributed by atoms with E-state index in [0.29, 0.717) is 0 Å². The van der Waals surface area contributed by atoms with Gasteiger partial charge in [-0.25, -0.2) is 0 Å². The van der Waals surface area contributed by atoms with Crippen molar-refractivity contribution >= 4 is 5.78 Å². The molecule has 1 aromatic heterocycles.